The number of H-pyrrole nitrogens is 1. The Bertz CT molecular complexity index is 415. The smallest absolute Gasteiger partial charge is 0.214 e. The average molecular weight is 208 g/mol. The quantitative estimate of drug-likeness (QED) is 0.710. The maximum Gasteiger partial charge on any atom is 0.214 e. The molecule has 0 radical (unpaired) electrons. The van der Waals surface area contributed by atoms with E-state index in [2.05, 4.69) is 30.9 Å². The van der Waals surface area contributed by atoms with Gasteiger partial charge < -0.3 is 5.32 Å². The van der Waals surface area contributed by atoms with Crippen LogP contribution in [0, 0.1) is 5.95 Å². The molecule has 0 amide bonds. The van der Waals surface area contributed by atoms with Gasteiger partial charge in [0.1, 0.15) is 0 Å². The second-order valence-corrected chi connectivity index (χ2v) is 2.87. The van der Waals surface area contributed by atoms with Crippen LogP contribution in [-0.2, 0) is 6.42 Å². The van der Waals surface area contributed by atoms with Crippen LogP contribution < -0.4 is 5.32 Å². The summed E-state index contributed by atoms with van der Waals surface area (Å²) < 4.78 is 12.7. The summed E-state index contributed by atoms with van der Waals surface area (Å²) in [5.41, 5.74) is 0.686. The van der Waals surface area contributed by atoms with Crippen LogP contribution in [0.1, 0.15) is 5.82 Å². The second-order valence-electron chi connectivity index (χ2n) is 2.87. The molecule has 2 rings (SSSR count). The summed E-state index contributed by atoms with van der Waals surface area (Å²) in [6, 6.07) is 3.02. The van der Waals surface area contributed by atoms with E-state index in [1.807, 2.05) is 0 Å². The Labute approximate surface area is 84.9 Å². The van der Waals surface area contributed by atoms with Gasteiger partial charge in [0.25, 0.3) is 0 Å². The van der Waals surface area contributed by atoms with Gasteiger partial charge in [0.15, 0.2) is 5.82 Å². The number of pyridine rings is 1. The van der Waals surface area contributed by atoms with Crippen LogP contribution in [0.2, 0.25) is 0 Å². The van der Waals surface area contributed by atoms with Crippen LogP contribution >= 0.6 is 0 Å². The largest absolute Gasteiger partial charge is 0.384 e. The molecule has 0 aliphatic heterocycles. The van der Waals surface area contributed by atoms with Crippen molar-refractivity contribution in [3.63, 3.8) is 0 Å². The summed E-state index contributed by atoms with van der Waals surface area (Å²) in [5.74, 6) is 0.122. The number of aromatic amines is 1. The topological polar surface area (TPSA) is 79.4 Å². The van der Waals surface area contributed by atoms with E-state index in [9.17, 15) is 4.39 Å². The molecule has 0 saturated heterocycles. The zero-order valence-electron chi connectivity index (χ0n) is 7.81. The first-order valence-corrected chi connectivity index (χ1v) is 4.42. The molecule has 78 valence electrons. The monoisotopic (exact) mass is 208 g/mol. The van der Waals surface area contributed by atoms with Gasteiger partial charge in [-0.3, -0.25) is 0 Å². The van der Waals surface area contributed by atoms with Crippen LogP contribution in [0.4, 0.5) is 10.1 Å². The molecule has 15 heavy (non-hydrogen) atoms. The van der Waals surface area contributed by atoms with Crippen molar-refractivity contribution in [1.29, 1.82) is 0 Å². The molecule has 2 N–H and O–H groups in total. The van der Waals surface area contributed by atoms with Crippen LogP contribution in [-0.4, -0.2) is 32.2 Å². The Morgan fingerprint density at radius 2 is 2.40 bits per heavy atom. The van der Waals surface area contributed by atoms with Crippen LogP contribution in [0.5, 0.6) is 0 Å². The minimum Gasteiger partial charge on any atom is -0.384 e. The summed E-state index contributed by atoms with van der Waals surface area (Å²) in [6.07, 6.45) is 2.03. The number of aromatic nitrogens is 5. The van der Waals surface area contributed by atoms with Gasteiger partial charge in [-0.15, -0.1) is 10.2 Å². The van der Waals surface area contributed by atoms with Crippen molar-refractivity contribution < 1.29 is 4.39 Å². The highest BCUT2D eigenvalue weighted by Gasteiger charge is 1.98. The fourth-order valence-electron chi connectivity index (χ4n) is 1.12. The molecule has 0 unspecified atom stereocenters. The molecule has 0 bridgehead atoms. The van der Waals surface area contributed by atoms with Gasteiger partial charge in [-0.25, -0.2) is 4.98 Å². The molecule has 0 atom stereocenters. The van der Waals surface area contributed by atoms with E-state index in [0.717, 1.165) is 0 Å². The standard InChI is InChI=1S/C8H9FN6/c9-7-5-6(1-3-11-7)10-4-2-8-12-14-15-13-8/h1,3,5H,2,4H2,(H,10,11)(H,12,13,14,15). The van der Waals surface area contributed by atoms with Gasteiger partial charge in [0.2, 0.25) is 5.95 Å². The minimum absolute atomic E-state index is 0.500. The lowest BCUT2D eigenvalue weighted by Crippen LogP contribution is -2.06. The molecular formula is C8H9FN6. The summed E-state index contributed by atoms with van der Waals surface area (Å²) in [5, 5.41) is 16.4. The number of rotatable bonds is 4. The zero-order chi connectivity index (χ0) is 10.5. The van der Waals surface area contributed by atoms with E-state index in [-0.39, 0.29) is 0 Å². The predicted octanol–water partition coefficient (Wildman–Crippen LogP) is 0.388. The van der Waals surface area contributed by atoms with E-state index in [0.29, 0.717) is 24.5 Å². The van der Waals surface area contributed by atoms with E-state index in [4.69, 9.17) is 0 Å². The van der Waals surface area contributed by atoms with Gasteiger partial charge in [-0.2, -0.15) is 9.60 Å². The minimum atomic E-state index is -0.500. The van der Waals surface area contributed by atoms with Crippen molar-refractivity contribution in [2.75, 3.05) is 11.9 Å². The first kappa shape index (κ1) is 9.50. The third-order valence-electron chi connectivity index (χ3n) is 1.79. The molecule has 0 aliphatic rings. The average Bonchev–Trinajstić information content (AvgIpc) is 2.71. The van der Waals surface area contributed by atoms with Crippen LogP contribution in [0.25, 0.3) is 0 Å². The first-order chi connectivity index (χ1) is 7.34. The third kappa shape index (κ3) is 2.70. The molecule has 0 fully saturated rings. The van der Waals surface area contributed by atoms with Gasteiger partial charge in [0.05, 0.1) is 0 Å². The summed E-state index contributed by atoms with van der Waals surface area (Å²) in [6.45, 7) is 0.614. The zero-order valence-corrected chi connectivity index (χ0v) is 7.81. The summed E-state index contributed by atoms with van der Waals surface area (Å²) >= 11 is 0. The molecule has 2 aromatic rings. The van der Waals surface area contributed by atoms with Gasteiger partial charge in [-0.05, 0) is 6.07 Å². The maximum atomic E-state index is 12.7. The first-order valence-electron chi connectivity index (χ1n) is 4.42. The predicted molar refractivity (Wildman–Crippen MR) is 50.6 cm³/mol. The Morgan fingerprint density at radius 1 is 1.47 bits per heavy atom. The van der Waals surface area contributed by atoms with Crippen molar-refractivity contribution in [1.82, 2.24) is 25.6 Å². The molecule has 0 saturated carbocycles. The van der Waals surface area contributed by atoms with Crippen molar-refractivity contribution in [3.05, 3.63) is 30.1 Å². The Hall–Kier alpha value is -2.05. The molecule has 7 heteroatoms. The van der Waals surface area contributed by atoms with E-state index in [1.165, 1.54) is 12.3 Å². The number of nitrogens with zero attached hydrogens (tertiary/aromatic N) is 4. The molecule has 0 aromatic carbocycles. The molecular weight excluding hydrogens is 199 g/mol. The number of hydrogen-bond acceptors (Lipinski definition) is 5. The van der Waals surface area contributed by atoms with Crippen molar-refractivity contribution in [2.45, 2.75) is 6.42 Å². The van der Waals surface area contributed by atoms with Gasteiger partial charge in [-0.1, -0.05) is 5.21 Å². The Balaban J connectivity index is 1.83. The summed E-state index contributed by atoms with van der Waals surface area (Å²) in [4.78, 5) is 3.45. The molecule has 0 aliphatic carbocycles. The van der Waals surface area contributed by atoms with Crippen LogP contribution in [0.3, 0.4) is 0 Å². The SMILES string of the molecule is Fc1cc(NCCc2nn[nH]n2)ccn1. The third-order valence-corrected chi connectivity index (χ3v) is 1.79. The van der Waals surface area contributed by atoms with Crippen molar-refractivity contribution in [2.24, 2.45) is 0 Å². The van der Waals surface area contributed by atoms with E-state index < -0.39 is 5.95 Å². The highest BCUT2D eigenvalue weighted by Crippen LogP contribution is 2.06. The number of hydrogen-bond donors (Lipinski definition) is 2. The van der Waals surface area contributed by atoms with E-state index >= 15 is 0 Å². The molecule has 0 spiro atoms. The Morgan fingerprint density at radius 3 is 3.13 bits per heavy atom. The van der Waals surface area contributed by atoms with Crippen molar-refractivity contribution in [3.8, 4) is 0 Å². The van der Waals surface area contributed by atoms with Crippen LogP contribution in [0.15, 0.2) is 18.3 Å². The number of anilines is 1. The lowest BCUT2D eigenvalue weighted by molar-refractivity contribution is 0.584. The lowest BCUT2D eigenvalue weighted by Gasteiger charge is -2.03. The highest BCUT2D eigenvalue weighted by molar-refractivity contribution is 5.41. The fourth-order valence-corrected chi connectivity index (χ4v) is 1.12. The maximum absolute atomic E-state index is 12.7. The second kappa shape index (κ2) is 4.45. The number of tetrazole rings is 1. The normalized spacial score (nSPS) is 10.2. The van der Waals surface area contributed by atoms with Gasteiger partial charge in [0, 0.05) is 30.9 Å². The molecule has 6 nitrogen and oxygen atoms in total. The number of halogens is 1. The van der Waals surface area contributed by atoms with E-state index in [1.54, 1.807) is 6.07 Å². The molecule has 2 heterocycles. The fraction of sp³-hybridized carbons (Fsp3) is 0.250. The highest BCUT2D eigenvalue weighted by atomic mass is 19.1. The lowest BCUT2D eigenvalue weighted by atomic mass is 10.3. The number of nitrogens with one attached hydrogen (secondary N) is 2. The Kier molecular flexibility index (Phi) is 2.82. The summed E-state index contributed by atoms with van der Waals surface area (Å²) in [7, 11) is 0. The van der Waals surface area contributed by atoms with Gasteiger partial charge >= 0.3 is 0 Å². The van der Waals surface area contributed by atoms with Crippen molar-refractivity contribution >= 4 is 5.69 Å². The molecule has 2 aromatic heterocycles.